The molecular formula is C15H18ClN3O. The number of benzene rings is 1. The quantitative estimate of drug-likeness (QED) is 0.887. The van der Waals surface area contributed by atoms with Crippen LogP contribution in [-0.2, 0) is 13.1 Å². The second-order valence-electron chi connectivity index (χ2n) is 5.26. The van der Waals surface area contributed by atoms with Crippen molar-refractivity contribution in [2.24, 2.45) is 0 Å². The summed E-state index contributed by atoms with van der Waals surface area (Å²) >= 11 is 5.99. The summed E-state index contributed by atoms with van der Waals surface area (Å²) in [6, 6.07) is 9.14. The van der Waals surface area contributed by atoms with Crippen molar-refractivity contribution in [2.45, 2.75) is 32.0 Å². The van der Waals surface area contributed by atoms with Gasteiger partial charge < -0.3 is 14.6 Å². The monoisotopic (exact) mass is 291 g/mol. The van der Waals surface area contributed by atoms with E-state index < -0.39 is 0 Å². The predicted molar refractivity (Wildman–Crippen MR) is 79.9 cm³/mol. The molecule has 1 aliphatic rings. The lowest BCUT2D eigenvalue weighted by Crippen LogP contribution is -2.18. The summed E-state index contributed by atoms with van der Waals surface area (Å²) in [5.74, 6) is 0. The van der Waals surface area contributed by atoms with E-state index in [9.17, 15) is 0 Å². The Bertz CT molecular complexity index is 580. The van der Waals surface area contributed by atoms with Crippen LogP contribution in [0.5, 0.6) is 0 Å². The van der Waals surface area contributed by atoms with Crippen molar-refractivity contribution in [1.82, 2.24) is 10.3 Å². The van der Waals surface area contributed by atoms with Gasteiger partial charge in [-0.25, -0.2) is 0 Å². The molecule has 4 nitrogen and oxygen atoms in total. The highest BCUT2D eigenvalue weighted by Crippen LogP contribution is 2.20. The molecule has 106 valence electrons. The molecular weight excluding hydrogens is 274 g/mol. The van der Waals surface area contributed by atoms with Crippen molar-refractivity contribution in [3.05, 3.63) is 46.8 Å². The van der Waals surface area contributed by atoms with Gasteiger partial charge >= 0.3 is 0 Å². The minimum Gasteiger partial charge on any atom is -0.432 e. The van der Waals surface area contributed by atoms with Crippen molar-refractivity contribution in [1.29, 1.82) is 0 Å². The van der Waals surface area contributed by atoms with Crippen LogP contribution in [0.25, 0.3) is 0 Å². The second kappa shape index (κ2) is 5.85. The Kier molecular flexibility index (Phi) is 3.94. The maximum atomic E-state index is 5.99. The molecule has 0 unspecified atom stereocenters. The Hall–Kier alpha value is -1.52. The average molecular weight is 292 g/mol. The van der Waals surface area contributed by atoms with Crippen LogP contribution < -0.4 is 10.2 Å². The van der Waals surface area contributed by atoms with Gasteiger partial charge in [0.15, 0.2) is 0 Å². The van der Waals surface area contributed by atoms with Gasteiger partial charge in [-0.05, 0) is 30.5 Å². The molecule has 1 N–H and O–H groups in total. The van der Waals surface area contributed by atoms with Crippen LogP contribution >= 0.6 is 11.6 Å². The average Bonchev–Trinajstić information content (AvgIpc) is 3.13. The lowest BCUT2D eigenvalue weighted by Gasteiger charge is -2.14. The fourth-order valence-corrected chi connectivity index (χ4v) is 2.28. The highest BCUT2D eigenvalue weighted by Gasteiger charge is 2.20. The molecule has 0 aliphatic heterocycles. The van der Waals surface area contributed by atoms with E-state index in [1.54, 1.807) is 6.26 Å². The van der Waals surface area contributed by atoms with E-state index in [1.165, 1.54) is 12.8 Å². The third-order valence-corrected chi connectivity index (χ3v) is 3.56. The van der Waals surface area contributed by atoms with Gasteiger partial charge in [0, 0.05) is 31.2 Å². The third-order valence-electron chi connectivity index (χ3n) is 3.32. The fourth-order valence-electron chi connectivity index (χ4n) is 2.07. The lowest BCUT2D eigenvalue weighted by molar-refractivity contribution is 0.542. The topological polar surface area (TPSA) is 41.3 Å². The summed E-state index contributed by atoms with van der Waals surface area (Å²) in [7, 11) is 1.96. The van der Waals surface area contributed by atoms with Crippen LogP contribution in [-0.4, -0.2) is 18.1 Å². The minimum atomic E-state index is 0.637. The number of oxazole rings is 1. The minimum absolute atomic E-state index is 0.637. The van der Waals surface area contributed by atoms with Crippen molar-refractivity contribution >= 4 is 17.6 Å². The van der Waals surface area contributed by atoms with E-state index in [4.69, 9.17) is 16.0 Å². The molecule has 0 radical (unpaired) electrons. The molecule has 1 saturated carbocycles. The SMILES string of the molecule is CN(Cc1cccc(Cl)c1)c1nc(CNC2CC2)co1. The normalized spacial score (nSPS) is 14.5. The zero-order valence-electron chi connectivity index (χ0n) is 11.5. The molecule has 0 amide bonds. The summed E-state index contributed by atoms with van der Waals surface area (Å²) in [6.45, 7) is 1.50. The number of hydrogen-bond acceptors (Lipinski definition) is 4. The Morgan fingerprint density at radius 2 is 2.30 bits per heavy atom. The van der Waals surface area contributed by atoms with Crippen LogP contribution in [0, 0.1) is 0 Å². The summed E-state index contributed by atoms with van der Waals surface area (Å²) in [5.41, 5.74) is 2.08. The highest BCUT2D eigenvalue weighted by atomic mass is 35.5. The van der Waals surface area contributed by atoms with Crippen LogP contribution in [0.1, 0.15) is 24.1 Å². The Labute approximate surface area is 123 Å². The molecule has 2 aromatic rings. The molecule has 0 saturated heterocycles. The molecule has 0 spiro atoms. The molecule has 1 aromatic carbocycles. The first-order chi connectivity index (χ1) is 9.70. The van der Waals surface area contributed by atoms with E-state index in [-0.39, 0.29) is 0 Å². The van der Waals surface area contributed by atoms with Gasteiger partial charge in [0.1, 0.15) is 6.26 Å². The smallest absolute Gasteiger partial charge is 0.297 e. The second-order valence-corrected chi connectivity index (χ2v) is 5.70. The van der Waals surface area contributed by atoms with Gasteiger partial charge in [-0.2, -0.15) is 4.98 Å². The first-order valence-corrected chi connectivity index (χ1v) is 7.22. The number of halogens is 1. The van der Waals surface area contributed by atoms with Crippen LogP contribution in [0.3, 0.4) is 0 Å². The third kappa shape index (κ3) is 3.52. The first-order valence-electron chi connectivity index (χ1n) is 6.84. The van der Waals surface area contributed by atoms with Crippen LogP contribution in [0.2, 0.25) is 5.02 Å². The zero-order valence-corrected chi connectivity index (χ0v) is 12.2. The number of anilines is 1. The van der Waals surface area contributed by atoms with Gasteiger partial charge in [0.2, 0.25) is 0 Å². The molecule has 1 aromatic heterocycles. The van der Waals surface area contributed by atoms with Gasteiger partial charge in [0.05, 0.1) is 5.69 Å². The van der Waals surface area contributed by atoms with Gasteiger partial charge in [-0.3, -0.25) is 0 Å². The summed E-state index contributed by atoms with van der Waals surface area (Å²) in [6.07, 6.45) is 4.28. The Balaban J connectivity index is 1.59. The molecule has 1 aliphatic carbocycles. The Morgan fingerprint density at radius 3 is 3.05 bits per heavy atom. The first kappa shape index (κ1) is 13.5. The fraction of sp³-hybridized carbons (Fsp3) is 0.400. The maximum Gasteiger partial charge on any atom is 0.297 e. The van der Waals surface area contributed by atoms with Gasteiger partial charge in [0.25, 0.3) is 6.01 Å². The molecule has 3 rings (SSSR count). The molecule has 1 heterocycles. The van der Waals surface area contributed by atoms with E-state index in [2.05, 4.69) is 10.3 Å². The van der Waals surface area contributed by atoms with Gasteiger partial charge in [-0.1, -0.05) is 23.7 Å². The number of rotatable bonds is 6. The highest BCUT2D eigenvalue weighted by molar-refractivity contribution is 6.30. The zero-order chi connectivity index (χ0) is 13.9. The largest absolute Gasteiger partial charge is 0.432 e. The number of hydrogen-bond donors (Lipinski definition) is 1. The summed E-state index contributed by atoms with van der Waals surface area (Å²) in [4.78, 5) is 6.47. The summed E-state index contributed by atoms with van der Waals surface area (Å²) < 4.78 is 5.52. The van der Waals surface area contributed by atoms with Gasteiger partial charge in [-0.15, -0.1) is 0 Å². The number of nitrogens with one attached hydrogen (secondary N) is 1. The standard InChI is InChI=1S/C15H18ClN3O/c1-19(9-11-3-2-4-12(16)7-11)15-18-14(10-20-15)8-17-13-5-6-13/h2-4,7,10,13,17H,5-6,8-9H2,1H3. The predicted octanol–water partition coefficient (Wildman–Crippen LogP) is 3.22. The Morgan fingerprint density at radius 1 is 1.45 bits per heavy atom. The summed E-state index contributed by atoms with van der Waals surface area (Å²) in [5, 5.41) is 4.17. The molecule has 0 bridgehead atoms. The van der Waals surface area contributed by atoms with Crippen molar-refractivity contribution in [3.8, 4) is 0 Å². The van der Waals surface area contributed by atoms with Crippen molar-refractivity contribution in [3.63, 3.8) is 0 Å². The maximum absolute atomic E-state index is 5.99. The molecule has 0 atom stereocenters. The molecule has 20 heavy (non-hydrogen) atoms. The van der Waals surface area contributed by atoms with Crippen LogP contribution in [0.4, 0.5) is 6.01 Å². The number of aromatic nitrogens is 1. The number of nitrogens with zero attached hydrogens (tertiary/aromatic N) is 2. The lowest BCUT2D eigenvalue weighted by atomic mass is 10.2. The molecule has 5 heteroatoms. The van der Waals surface area contributed by atoms with E-state index >= 15 is 0 Å². The van der Waals surface area contributed by atoms with E-state index in [1.807, 2.05) is 36.2 Å². The van der Waals surface area contributed by atoms with E-state index in [0.29, 0.717) is 12.1 Å². The van der Waals surface area contributed by atoms with E-state index in [0.717, 1.165) is 29.4 Å². The van der Waals surface area contributed by atoms with Crippen molar-refractivity contribution < 1.29 is 4.42 Å². The van der Waals surface area contributed by atoms with Crippen molar-refractivity contribution in [2.75, 3.05) is 11.9 Å². The molecule has 1 fully saturated rings. The van der Waals surface area contributed by atoms with Crippen LogP contribution in [0.15, 0.2) is 34.9 Å².